The van der Waals surface area contributed by atoms with Crippen molar-refractivity contribution in [2.75, 3.05) is 0 Å². The Morgan fingerprint density at radius 1 is 1.57 bits per heavy atom. The smallest absolute Gasteiger partial charge is 0.286 e. The van der Waals surface area contributed by atoms with E-state index in [0.29, 0.717) is 15.3 Å². The van der Waals surface area contributed by atoms with E-state index in [2.05, 4.69) is 20.9 Å². The first-order valence-corrected chi connectivity index (χ1v) is 5.29. The zero-order chi connectivity index (χ0) is 10.1. The van der Waals surface area contributed by atoms with Gasteiger partial charge in [0.05, 0.1) is 4.91 Å². The molecule has 2 N–H and O–H groups in total. The molecule has 0 saturated heterocycles. The van der Waals surface area contributed by atoms with E-state index in [9.17, 15) is 4.79 Å². The maximum absolute atomic E-state index is 11.2. The molecule has 4 nitrogen and oxygen atoms in total. The van der Waals surface area contributed by atoms with Crippen molar-refractivity contribution in [3.05, 3.63) is 27.5 Å². The van der Waals surface area contributed by atoms with Gasteiger partial charge in [-0.2, -0.15) is 4.99 Å². The summed E-state index contributed by atoms with van der Waals surface area (Å²) in [4.78, 5) is 15.2. The Balaban J connectivity index is 2.25. The molecule has 0 saturated carbocycles. The van der Waals surface area contributed by atoms with Gasteiger partial charge in [-0.25, -0.2) is 0 Å². The minimum Gasteiger partial charge on any atom is -0.450 e. The first kappa shape index (κ1) is 9.54. The van der Waals surface area contributed by atoms with Crippen LogP contribution in [0.5, 0.6) is 0 Å². The van der Waals surface area contributed by atoms with Gasteiger partial charge in [-0.1, -0.05) is 0 Å². The fourth-order valence-electron chi connectivity index (χ4n) is 0.961. The fraction of sp³-hybridized carbons (Fsp3) is 0. The van der Waals surface area contributed by atoms with E-state index in [-0.39, 0.29) is 11.1 Å². The number of carbonyl (C=O) groups excluding carboxylic acids is 1. The van der Waals surface area contributed by atoms with E-state index in [0.717, 1.165) is 11.8 Å². The Kier molecular flexibility index (Phi) is 2.47. The number of halogens is 1. The SMILES string of the molecule is NC1=NC(=O)C(=Cc2ccc(Br)o2)S1. The molecule has 0 unspecified atom stereocenters. The van der Waals surface area contributed by atoms with Gasteiger partial charge in [0.25, 0.3) is 5.91 Å². The minimum absolute atomic E-state index is 0.270. The molecule has 2 rings (SSSR count). The minimum atomic E-state index is -0.319. The largest absolute Gasteiger partial charge is 0.450 e. The molecule has 1 aliphatic rings. The van der Waals surface area contributed by atoms with Gasteiger partial charge in [0, 0.05) is 6.08 Å². The van der Waals surface area contributed by atoms with Crippen molar-refractivity contribution in [3.63, 3.8) is 0 Å². The third kappa shape index (κ3) is 1.91. The lowest BCUT2D eigenvalue weighted by atomic mass is 10.4. The van der Waals surface area contributed by atoms with Crippen molar-refractivity contribution < 1.29 is 9.21 Å². The number of hydrogen-bond donors (Lipinski definition) is 1. The molecule has 2 heterocycles. The number of hydrogen-bond acceptors (Lipinski definition) is 4. The normalized spacial score (nSPS) is 19.1. The molecule has 1 aliphatic heterocycles. The van der Waals surface area contributed by atoms with Crippen LogP contribution < -0.4 is 5.73 Å². The highest BCUT2D eigenvalue weighted by molar-refractivity contribution is 9.10. The molecule has 14 heavy (non-hydrogen) atoms. The summed E-state index contributed by atoms with van der Waals surface area (Å²) in [5.41, 5.74) is 5.39. The van der Waals surface area contributed by atoms with E-state index in [1.54, 1.807) is 18.2 Å². The fourth-order valence-corrected chi connectivity index (χ4v) is 1.94. The van der Waals surface area contributed by atoms with Gasteiger partial charge in [0.15, 0.2) is 9.84 Å². The molecule has 1 amide bonds. The first-order chi connectivity index (χ1) is 6.65. The van der Waals surface area contributed by atoms with Crippen LogP contribution >= 0.6 is 27.7 Å². The number of nitrogens with two attached hydrogens (primary N) is 1. The van der Waals surface area contributed by atoms with Gasteiger partial charge < -0.3 is 10.2 Å². The van der Waals surface area contributed by atoms with Crippen LogP contribution in [0.25, 0.3) is 6.08 Å². The topological polar surface area (TPSA) is 68.6 Å². The quantitative estimate of drug-likeness (QED) is 0.794. The number of thioether (sulfide) groups is 1. The van der Waals surface area contributed by atoms with E-state index < -0.39 is 0 Å². The Morgan fingerprint density at radius 2 is 2.36 bits per heavy atom. The van der Waals surface area contributed by atoms with Crippen molar-refractivity contribution in [2.45, 2.75) is 0 Å². The van der Waals surface area contributed by atoms with Crippen LogP contribution in [0, 0.1) is 0 Å². The van der Waals surface area contributed by atoms with Crippen molar-refractivity contribution in [1.29, 1.82) is 0 Å². The highest BCUT2D eigenvalue weighted by Crippen LogP contribution is 2.27. The van der Waals surface area contributed by atoms with Gasteiger partial charge in [-0.15, -0.1) is 0 Å². The standard InChI is InChI=1S/C8H5BrN2O2S/c9-6-2-1-4(13-6)3-5-7(12)11-8(10)14-5/h1-3H,(H2,10,11,12). The van der Waals surface area contributed by atoms with Gasteiger partial charge >= 0.3 is 0 Å². The second kappa shape index (κ2) is 3.62. The molecular formula is C8H5BrN2O2S. The third-order valence-electron chi connectivity index (χ3n) is 1.50. The van der Waals surface area contributed by atoms with Crippen LogP contribution in [0.1, 0.15) is 5.76 Å². The zero-order valence-corrected chi connectivity index (χ0v) is 9.26. The number of rotatable bonds is 1. The summed E-state index contributed by atoms with van der Waals surface area (Å²) in [6.07, 6.45) is 1.61. The van der Waals surface area contributed by atoms with Crippen LogP contribution in [0.2, 0.25) is 0 Å². The summed E-state index contributed by atoms with van der Waals surface area (Å²) >= 11 is 4.31. The number of furan rings is 1. The Labute approximate surface area is 92.4 Å². The summed E-state index contributed by atoms with van der Waals surface area (Å²) in [6, 6.07) is 3.50. The lowest BCUT2D eigenvalue weighted by Gasteiger charge is -1.89. The van der Waals surface area contributed by atoms with Crippen molar-refractivity contribution in [1.82, 2.24) is 0 Å². The average Bonchev–Trinajstić information content (AvgIpc) is 2.61. The molecular weight excluding hydrogens is 268 g/mol. The molecule has 0 bridgehead atoms. The maximum Gasteiger partial charge on any atom is 0.286 e. The lowest BCUT2D eigenvalue weighted by molar-refractivity contribution is -0.113. The van der Waals surface area contributed by atoms with E-state index >= 15 is 0 Å². The predicted molar refractivity (Wildman–Crippen MR) is 58.6 cm³/mol. The summed E-state index contributed by atoms with van der Waals surface area (Å²) < 4.78 is 5.83. The van der Waals surface area contributed by atoms with Crippen LogP contribution in [0.3, 0.4) is 0 Å². The Hall–Kier alpha value is -1.01. The highest BCUT2D eigenvalue weighted by Gasteiger charge is 2.19. The molecule has 0 fully saturated rings. The highest BCUT2D eigenvalue weighted by atomic mass is 79.9. The summed E-state index contributed by atoms with van der Waals surface area (Å²) in [6.45, 7) is 0. The van der Waals surface area contributed by atoms with Crippen molar-refractivity contribution in [3.8, 4) is 0 Å². The number of carbonyl (C=O) groups is 1. The van der Waals surface area contributed by atoms with Crippen LogP contribution in [-0.2, 0) is 4.79 Å². The molecule has 6 heteroatoms. The monoisotopic (exact) mass is 272 g/mol. The van der Waals surface area contributed by atoms with Crippen molar-refractivity contribution in [2.24, 2.45) is 10.7 Å². The summed E-state index contributed by atoms with van der Waals surface area (Å²) in [7, 11) is 0. The van der Waals surface area contributed by atoms with E-state index in [4.69, 9.17) is 10.2 Å². The predicted octanol–water partition coefficient (Wildman–Crippen LogP) is 1.97. The Morgan fingerprint density at radius 3 is 2.86 bits per heavy atom. The second-order valence-electron chi connectivity index (χ2n) is 2.51. The lowest BCUT2D eigenvalue weighted by Crippen LogP contribution is -2.01. The second-order valence-corrected chi connectivity index (χ2v) is 4.35. The van der Waals surface area contributed by atoms with Gasteiger partial charge in [-0.05, 0) is 39.8 Å². The maximum atomic E-state index is 11.2. The van der Waals surface area contributed by atoms with Gasteiger partial charge in [0.1, 0.15) is 5.76 Å². The molecule has 0 spiro atoms. The molecule has 0 radical (unpaired) electrons. The zero-order valence-electron chi connectivity index (χ0n) is 6.86. The summed E-state index contributed by atoms with van der Waals surface area (Å²) in [5, 5.41) is 0.270. The molecule has 0 atom stereocenters. The van der Waals surface area contributed by atoms with Gasteiger partial charge in [-0.3, -0.25) is 4.79 Å². The third-order valence-corrected chi connectivity index (χ3v) is 2.74. The van der Waals surface area contributed by atoms with E-state index in [1.165, 1.54) is 0 Å². The van der Waals surface area contributed by atoms with Crippen molar-refractivity contribution >= 4 is 44.8 Å². The Bertz CT molecular complexity index is 450. The first-order valence-electron chi connectivity index (χ1n) is 3.68. The average molecular weight is 273 g/mol. The molecule has 72 valence electrons. The molecule has 0 aromatic carbocycles. The van der Waals surface area contributed by atoms with E-state index in [1.807, 2.05) is 0 Å². The summed E-state index contributed by atoms with van der Waals surface area (Å²) in [5.74, 6) is 0.276. The van der Waals surface area contributed by atoms with Crippen LogP contribution in [0.15, 0.2) is 31.1 Å². The van der Waals surface area contributed by atoms with Crippen LogP contribution in [-0.4, -0.2) is 11.1 Å². The number of amides is 1. The number of amidine groups is 1. The van der Waals surface area contributed by atoms with Crippen LogP contribution in [0.4, 0.5) is 0 Å². The molecule has 0 aliphatic carbocycles. The molecule has 1 aromatic rings. The number of aliphatic imine (C=N–C) groups is 1. The van der Waals surface area contributed by atoms with Gasteiger partial charge in [0.2, 0.25) is 0 Å². The number of nitrogens with zero attached hydrogens (tertiary/aromatic N) is 1. The molecule has 1 aromatic heterocycles.